The maximum atomic E-state index is 4.35. The Labute approximate surface area is 58.7 Å². The Morgan fingerprint density at radius 1 is 0.500 bits per heavy atom. The fourth-order valence-electron chi connectivity index (χ4n) is 4.78. The predicted octanol–water partition coefficient (Wildman–Crippen LogP) is 0.941. The minimum atomic E-state index is 0.731. The van der Waals surface area contributed by atoms with Gasteiger partial charge in [0.1, 0.15) is 0 Å². The summed E-state index contributed by atoms with van der Waals surface area (Å²) in [7, 11) is 0. The van der Waals surface area contributed by atoms with Crippen LogP contribution in [0.3, 0.4) is 0 Å². The topological polar surface area (TPSA) is 24.7 Å². The van der Waals surface area contributed by atoms with Gasteiger partial charge in [-0.2, -0.15) is 10.2 Å². The van der Waals surface area contributed by atoms with Gasteiger partial charge in [-0.15, -0.1) is 0 Å². The Hall–Kier alpha value is -0.400. The van der Waals surface area contributed by atoms with E-state index in [0.29, 0.717) is 0 Å². The zero-order chi connectivity index (χ0) is 6.03. The highest BCUT2D eigenvalue weighted by atomic mass is 15.3. The fraction of sp³-hybridized carbons (Fsp3) is 1.00. The minimum absolute atomic E-state index is 0.731. The molecular formula is C8H8N2. The molecule has 4 fully saturated rings. The molecule has 6 aliphatic rings. The third kappa shape index (κ3) is 0.140. The molecular weight excluding hydrogens is 124 g/mol. The molecule has 0 aromatic heterocycles. The van der Waals surface area contributed by atoms with Crippen LogP contribution in [-0.4, -0.2) is 12.1 Å². The van der Waals surface area contributed by atoms with E-state index in [1.54, 1.807) is 0 Å². The molecule has 2 heterocycles. The van der Waals surface area contributed by atoms with Crippen molar-refractivity contribution in [3.63, 3.8) is 0 Å². The largest absolute Gasteiger partial charge is 0.190 e. The highest BCUT2D eigenvalue weighted by Gasteiger charge is 2.89. The Balaban J connectivity index is 1.91. The van der Waals surface area contributed by atoms with Crippen molar-refractivity contribution in [2.45, 2.75) is 12.1 Å². The maximum Gasteiger partial charge on any atom is 0.0777 e. The Morgan fingerprint density at radius 3 is 1.20 bits per heavy atom. The van der Waals surface area contributed by atoms with Gasteiger partial charge in [-0.3, -0.25) is 0 Å². The number of rotatable bonds is 0. The van der Waals surface area contributed by atoms with Gasteiger partial charge in [0.2, 0.25) is 0 Å². The van der Waals surface area contributed by atoms with Crippen molar-refractivity contribution in [3.8, 4) is 0 Å². The van der Waals surface area contributed by atoms with Crippen LogP contribution in [0.5, 0.6) is 0 Å². The van der Waals surface area contributed by atoms with Crippen LogP contribution in [0, 0.1) is 35.5 Å². The summed E-state index contributed by atoms with van der Waals surface area (Å²) in [6, 6.07) is 1.46. The van der Waals surface area contributed by atoms with Crippen molar-refractivity contribution >= 4 is 0 Å². The summed E-state index contributed by atoms with van der Waals surface area (Å²) in [4.78, 5) is 0. The monoisotopic (exact) mass is 132 g/mol. The Kier molecular flexibility index (Phi) is 0.291. The van der Waals surface area contributed by atoms with E-state index in [1.807, 2.05) is 0 Å². The molecule has 2 aliphatic heterocycles. The van der Waals surface area contributed by atoms with Crippen LogP contribution in [0.4, 0.5) is 0 Å². The molecule has 0 aromatic carbocycles. The number of hydrogen-bond acceptors (Lipinski definition) is 2. The summed E-state index contributed by atoms with van der Waals surface area (Å²) in [5.41, 5.74) is 0. The van der Waals surface area contributed by atoms with E-state index in [9.17, 15) is 0 Å². The molecule has 0 radical (unpaired) electrons. The normalized spacial score (nSPS) is 89.6. The van der Waals surface area contributed by atoms with Crippen molar-refractivity contribution < 1.29 is 0 Å². The lowest BCUT2D eigenvalue weighted by atomic mass is 9.16. The van der Waals surface area contributed by atoms with E-state index in [-0.39, 0.29) is 0 Å². The number of azo groups is 1. The Bertz CT molecular complexity index is 237. The lowest BCUT2D eigenvalue weighted by molar-refractivity contribution is -0.403. The standard InChI is InChI=1S/C8H8N2/c9-7-3-1-2-5(3)8(10-9)6(2)4(1)7/h1-8H. The van der Waals surface area contributed by atoms with Gasteiger partial charge in [0.25, 0.3) is 0 Å². The second-order valence-corrected chi connectivity index (χ2v) is 4.68. The van der Waals surface area contributed by atoms with Crippen molar-refractivity contribution in [1.82, 2.24) is 0 Å². The van der Waals surface area contributed by atoms with Crippen LogP contribution < -0.4 is 0 Å². The molecule has 2 nitrogen and oxygen atoms in total. The van der Waals surface area contributed by atoms with E-state index in [1.165, 1.54) is 0 Å². The summed E-state index contributed by atoms with van der Waals surface area (Å²) in [6.07, 6.45) is 0. The zero-order valence-electron chi connectivity index (χ0n) is 5.51. The Morgan fingerprint density at radius 2 is 0.900 bits per heavy atom. The predicted molar refractivity (Wildman–Crippen MR) is 33.4 cm³/mol. The molecule has 4 aliphatic carbocycles. The minimum Gasteiger partial charge on any atom is -0.190 e. The highest BCUT2D eigenvalue weighted by Crippen LogP contribution is 2.86. The fourth-order valence-corrected chi connectivity index (χ4v) is 4.78. The highest BCUT2D eigenvalue weighted by molar-refractivity contribution is 5.38. The van der Waals surface area contributed by atoms with Crippen molar-refractivity contribution in [1.29, 1.82) is 0 Å². The van der Waals surface area contributed by atoms with E-state index in [0.717, 1.165) is 47.6 Å². The van der Waals surface area contributed by atoms with Gasteiger partial charge in [0, 0.05) is 0 Å². The smallest absolute Gasteiger partial charge is 0.0777 e. The van der Waals surface area contributed by atoms with Gasteiger partial charge in [0.05, 0.1) is 12.1 Å². The summed E-state index contributed by atoms with van der Waals surface area (Å²) in [5, 5.41) is 8.70. The van der Waals surface area contributed by atoms with Gasteiger partial charge in [0.15, 0.2) is 0 Å². The van der Waals surface area contributed by atoms with E-state index < -0.39 is 0 Å². The van der Waals surface area contributed by atoms with Crippen LogP contribution in [-0.2, 0) is 0 Å². The second kappa shape index (κ2) is 0.758. The average Bonchev–Trinajstić information content (AvgIpc) is 1.85. The number of hydrogen-bond donors (Lipinski definition) is 0. The molecule has 4 saturated carbocycles. The molecule has 0 amide bonds. The second-order valence-electron chi connectivity index (χ2n) is 4.68. The summed E-state index contributed by atoms with van der Waals surface area (Å²) >= 11 is 0. The summed E-state index contributed by atoms with van der Waals surface area (Å²) in [6.45, 7) is 0. The molecule has 2 bridgehead atoms. The van der Waals surface area contributed by atoms with Gasteiger partial charge in [-0.05, 0) is 35.5 Å². The molecule has 2 heteroatoms. The molecule has 0 aromatic rings. The zero-order valence-corrected chi connectivity index (χ0v) is 5.51. The molecule has 0 spiro atoms. The average molecular weight is 132 g/mol. The van der Waals surface area contributed by atoms with Crippen molar-refractivity contribution in [3.05, 3.63) is 0 Å². The molecule has 0 N–H and O–H groups in total. The first kappa shape index (κ1) is 3.84. The molecule has 10 heavy (non-hydrogen) atoms. The van der Waals surface area contributed by atoms with Gasteiger partial charge < -0.3 is 0 Å². The van der Waals surface area contributed by atoms with Gasteiger partial charge in [-0.25, -0.2) is 0 Å². The summed E-state index contributed by atoms with van der Waals surface area (Å²) < 4.78 is 0. The third-order valence-corrected chi connectivity index (χ3v) is 5.02. The van der Waals surface area contributed by atoms with Crippen LogP contribution >= 0.6 is 0 Å². The maximum absolute atomic E-state index is 4.35. The quantitative estimate of drug-likeness (QED) is 0.468. The van der Waals surface area contributed by atoms with Crippen LogP contribution in [0.2, 0.25) is 0 Å². The number of nitrogens with zero attached hydrogens (tertiary/aromatic N) is 2. The van der Waals surface area contributed by atoms with Crippen LogP contribution in [0.15, 0.2) is 10.2 Å². The summed E-state index contributed by atoms with van der Waals surface area (Å²) in [5.74, 6) is 6.50. The third-order valence-electron chi connectivity index (χ3n) is 5.02. The van der Waals surface area contributed by atoms with Gasteiger partial charge in [-0.1, -0.05) is 0 Å². The molecule has 4 unspecified atom stereocenters. The first-order chi connectivity index (χ1) is 4.98. The van der Waals surface area contributed by atoms with Crippen LogP contribution in [0.1, 0.15) is 0 Å². The molecule has 6 rings (SSSR count). The van der Waals surface area contributed by atoms with E-state index in [4.69, 9.17) is 0 Å². The van der Waals surface area contributed by atoms with Crippen molar-refractivity contribution in [2.75, 3.05) is 0 Å². The molecule has 4 atom stereocenters. The van der Waals surface area contributed by atoms with E-state index in [2.05, 4.69) is 10.2 Å². The molecule has 0 saturated heterocycles. The van der Waals surface area contributed by atoms with E-state index >= 15 is 0 Å². The SMILES string of the molecule is N1=NC2C3C4C1C1C2C3C41. The lowest BCUT2D eigenvalue weighted by Crippen LogP contribution is -2.91. The molecule has 50 valence electrons. The van der Waals surface area contributed by atoms with Gasteiger partial charge >= 0.3 is 0 Å². The van der Waals surface area contributed by atoms with Crippen molar-refractivity contribution in [2.24, 2.45) is 45.7 Å². The first-order valence-electron chi connectivity index (χ1n) is 4.38. The van der Waals surface area contributed by atoms with Crippen LogP contribution in [0.25, 0.3) is 0 Å². The lowest BCUT2D eigenvalue weighted by Gasteiger charge is -2.89. The first-order valence-corrected chi connectivity index (χ1v) is 4.38.